The fourth-order valence-electron chi connectivity index (χ4n) is 5.44. The number of nitrogens with one attached hydrogen (secondary N) is 3. The van der Waals surface area contributed by atoms with E-state index in [0.717, 1.165) is 19.3 Å². The Morgan fingerprint density at radius 1 is 1.00 bits per heavy atom. The smallest absolute Gasteiger partial charge is 0.323 e. The summed E-state index contributed by atoms with van der Waals surface area (Å²) in [4.78, 5) is 43.2. The number of nitrogens with zero attached hydrogens (tertiary/aromatic N) is 2. The van der Waals surface area contributed by atoms with Crippen molar-refractivity contribution < 1.29 is 38.4 Å². The van der Waals surface area contributed by atoms with Crippen molar-refractivity contribution in [3.63, 3.8) is 0 Å². The van der Waals surface area contributed by atoms with Gasteiger partial charge >= 0.3 is 12.1 Å². The van der Waals surface area contributed by atoms with E-state index in [1.165, 1.54) is 0 Å². The third kappa shape index (κ3) is 9.88. The number of urea groups is 2. The standard InChI is InChI=1S/C34H49N5O8/c1-21(2)35-34(43)38(6)18-31-22(3)17-39(23(4)19-40)32(41)27-15-25(10-12-28(27)47-24(5)9-7-8-14-44-31)36-33(42)37-26-11-13-29-30(16-26)46-20-45-29/h10-13,15-16,21-24,31,40H,7-9,14,17-20H2,1-6H3,(H,35,43)(H2,36,37,42)/t22-,23+,24+,31+/m0/s1. The molecule has 4 atom stereocenters. The molecule has 2 aromatic rings. The predicted octanol–water partition coefficient (Wildman–Crippen LogP) is 4.90. The summed E-state index contributed by atoms with van der Waals surface area (Å²) in [5.74, 6) is 0.982. The molecule has 2 aliphatic heterocycles. The van der Waals surface area contributed by atoms with Crippen LogP contribution in [-0.4, -0.2) is 97.3 Å². The molecule has 13 heteroatoms. The van der Waals surface area contributed by atoms with Crippen molar-refractivity contribution >= 4 is 29.3 Å². The molecule has 5 amide bonds. The van der Waals surface area contributed by atoms with Gasteiger partial charge in [-0.2, -0.15) is 0 Å². The zero-order valence-corrected chi connectivity index (χ0v) is 28.2. The molecule has 0 aliphatic carbocycles. The minimum Gasteiger partial charge on any atom is -0.490 e. The van der Waals surface area contributed by atoms with Crippen LogP contribution in [0.1, 0.15) is 64.2 Å². The summed E-state index contributed by atoms with van der Waals surface area (Å²) in [5.41, 5.74) is 1.16. The molecular weight excluding hydrogens is 606 g/mol. The molecule has 47 heavy (non-hydrogen) atoms. The zero-order valence-electron chi connectivity index (χ0n) is 28.2. The van der Waals surface area contributed by atoms with Gasteiger partial charge in [0, 0.05) is 56.1 Å². The first-order valence-electron chi connectivity index (χ1n) is 16.3. The maximum Gasteiger partial charge on any atom is 0.323 e. The first kappa shape index (κ1) is 35.6. The van der Waals surface area contributed by atoms with E-state index in [0.29, 0.717) is 41.8 Å². The highest BCUT2D eigenvalue weighted by molar-refractivity contribution is 6.02. The van der Waals surface area contributed by atoms with Crippen LogP contribution < -0.4 is 30.2 Å². The molecule has 4 rings (SSSR count). The lowest BCUT2D eigenvalue weighted by Gasteiger charge is -2.36. The molecule has 0 bridgehead atoms. The molecule has 0 fully saturated rings. The van der Waals surface area contributed by atoms with Crippen LogP contribution >= 0.6 is 0 Å². The summed E-state index contributed by atoms with van der Waals surface area (Å²) in [6.45, 7) is 10.5. The Hall–Kier alpha value is -4.23. The predicted molar refractivity (Wildman–Crippen MR) is 178 cm³/mol. The van der Waals surface area contributed by atoms with Gasteiger partial charge in [0.05, 0.1) is 30.4 Å². The highest BCUT2D eigenvalue weighted by Gasteiger charge is 2.31. The van der Waals surface area contributed by atoms with Gasteiger partial charge in [0.15, 0.2) is 11.5 Å². The molecule has 0 spiro atoms. The van der Waals surface area contributed by atoms with Crippen LogP contribution in [0.2, 0.25) is 0 Å². The highest BCUT2D eigenvalue weighted by Crippen LogP contribution is 2.34. The maximum atomic E-state index is 14.3. The molecule has 13 nitrogen and oxygen atoms in total. The minimum atomic E-state index is -0.531. The van der Waals surface area contributed by atoms with Crippen LogP contribution in [0, 0.1) is 5.92 Å². The van der Waals surface area contributed by atoms with Crippen molar-refractivity contribution in [1.82, 2.24) is 15.1 Å². The van der Waals surface area contributed by atoms with Gasteiger partial charge in [-0.15, -0.1) is 0 Å². The molecule has 0 unspecified atom stereocenters. The van der Waals surface area contributed by atoms with Crippen molar-refractivity contribution in [3.05, 3.63) is 42.0 Å². The number of hydrogen-bond acceptors (Lipinski definition) is 8. The first-order chi connectivity index (χ1) is 22.4. The average Bonchev–Trinajstić information content (AvgIpc) is 3.50. The number of rotatable bonds is 7. The summed E-state index contributed by atoms with van der Waals surface area (Å²) in [5, 5.41) is 18.7. The second-order valence-electron chi connectivity index (χ2n) is 12.6. The van der Waals surface area contributed by atoms with Crippen molar-refractivity contribution in [2.45, 2.75) is 78.2 Å². The minimum absolute atomic E-state index is 0.00999. The van der Waals surface area contributed by atoms with Gasteiger partial charge < -0.3 is 49.8 Å². The fourth-order valence-corrected chi connectivity index (χ4v) is 5.44. The summed E-state index contributed by atoms with van der Waals surface area (Å²) < 4.78 is 23.3. The van der Waals surface area contributed by atoms with Gasteiger partial charge in [0.2, 0.25) is 6.79 Å². The van der Waals surface area contributed by atoms with Crippen LogP contribution in [-0.2, 0) is 4.74 Å². The Morgan fingerprint density at radius 3 is 2.38 bits per heavy atom. The van der Waals surface area contributed by atoms with Crippen LogP contribution in [0.25, 0.3) is 0 Å². The van der Waals surface area contributed by atoms with E-state index >= 15 is 0 Å². The highest BCUT2D eigenvalue weighted by atomic mass is 16.7. The number of carbonyl (C=O) groups is 3. The number of carbonyl (C=O) groups excluding carboxylic acids is 3. The van der Waals surface area contributed by atoms with Gasteiger partial charge in [-0.25, -0.2) is 9.59 Å². The Labute approximate surface area is 276 Å². The average molecular weight is 656 g/mol. The normalized spacial score (nSPS) is 20.8. The number of ether oxygens (including phenoxy) is 4. The lowest BCUT2D eigenvalue weighted by atomic mass is 10.0. The number of aliphatic hydroxyl groups is 1. The van der Waals surface area contributed by atoms with Gasteiger partial charge in [-0.1, -0.05) is 6.92 Å². The van der Waals surface area contributed by atoms with E-state index in [1.807, 2.05) is 27.7 Å². The number of benzene rings is 2. The van der Waals surface area contributed by atoms with Crippen LogP contribution in [0.4, 0.5) is 21.0 Å². The van der Waals surface area contributed by atoms with Crippen LogP contribution in [0.3, 0.4) is 0 Å². The summed E-state index contributed by atoms with van der Waals surface area (Å²) in [6, 6.07) is 8.81. The Kier molecular flexibility index (Phi) is 12.5. The number of anilines is 2. The van der Waals surface area contributed by atoms with E-state index in [4.69, 9.17) is 18.9 Å². The van der Waals surface area contributed by atoms with Crippen LogP contribution in [0.5, 0.6) is 17.2 Å². The van der Waals surface area contributed by atoms with Gasteiger partial charge in [-0.05, 0) is 77.3 Å². The molecule has 2 aliphatic rings. The molecule has 4 N–H and O–H groups in total. The molecular formula is C34H49N5O8. The lowest BCUT2D eigenvalue weighted by Crippen LogP contribution is -2.49. The summed E-state index contributed by atoms with van der Waals surface area (Å²) >= 11 is 0. The van der Waals surface area contributed by atoms with E-state index in [9.17, 15) is 19.5 Å². The number of amides is 5. The Balaban J connectivity index is 1.58. The van der Waals surface area contributed by atoms with Gasteiger partial charge in [-0.3, -0.25) is 4.79 Å². The van der Waals surface area contributed by atoms with Crippen LogP contribution in [0.15, 0.2) is 36.4 Å². The Morgan fingerprint density at radius 2 is 1.68 bits per heavy atom. The number of fused-ring (bicyclic) bond motifs is 2. The summed E-state index contributed by atoms with van der Waals surface area (Å²) in [6.07, 6.45) is 1.85. The molecule has 0 saturated carbocycles. The number of hydrogen-bond donors (Lipinski definition) is 4. The molecule has 258 valence electrons. The summed E-state index contributed by atoms with van der Waals surface area (Å²) in [7, 11) is 1.73. The number of aliphatic hydroxyl groups excluding tert-OH is 1. The van der Waals surface area contributed by atoms with E-state index < -0.39 is 12.1 Å². The molecule has 0 saturated heterocycles. The quantitative estimate of drug-likeness (QED) is 0.329. The van der Waals surface area contributed by atoms with E-state index in [2.05, 4.69) is 16.0 Å². The van der Waals surface area contributed by atoms with Crippen molar-refractivity contribution in [1.29, 1.82) is 0 Å². The SMILES string of the molecule is CC(C)NC(=O)N(C)C[C@H]1OCCCC[C@@H](C)Oc2ccc(NC(=O)Nc3ccc4c(c3)OCO4)cc2C(=O)N([C@H](C)CO)C[C@@H]1C. The van der Waals surface area contributed by atoms with Crippen molar-refractivity contribution in [3.8, 4) is 17.2 Å². The molecule has 0 aromatic heterocycles. The third-order valence-corrected chi connectivity index (χ3v) is 8.15. The largest absolute Gasteiger partial charge is 0.490 e. The lowest BCUT2D eigenvalue weighted by molar-refractivity contribution is -0.0122. The van der Waals surface area contributed by atoms with Gasteiger partial charge in [0.1, 0.15) is 5.75 Å². The fraction of sp³-hybridized carbons (Fsp3) is 0.559. The first-order valence-corrected chi connectivity index (χ1v) is 16.3. The third-order valence-electron chi connectivity index (χ3n) is 8.15. The topological polar surface area (TPSA) is 151 Å². The molecule has 2 aromatic carbocycles. The number of likely N-dealkylation sites (N-methyl/N-ethyl adjacent to an activating group) is 1. The van der Waals surface area contributed by atoms with Crippen molar-refractivity contribution in [2.75, 3.05) is 50.8 Å². The second-order valence-corrected chi connectivity index (χ2v) is 12.6. The van der Waals surface area contributed by atoms with E-state index in [-0.39, 0.29) is 61.6 Å². The van der Waals surface area contributed by atoms with E-state index in [1.54, 1.807) is 60.2 Å². The Bertz CT molecular complexity index is 1390. The second kappa shape index (κ2) is 16.6. The maximum absolute atomic E-state index is 14.3. The monoisotopic (exact) mass is 655 g/mol. The van der Waals surface area contributed by atoms with Crippen molar-refractivity contribution in [2.24, 2.45) is 5.92 Å². The molecule has 0 radical (unpaired) electrons. The zero-order chi connectivity index (χ0) is 34.1. The van der Waals surface area contributed by atoms with Gasteiger partial charge in [0.25, 0.3) is 5.91 Å². The molecule has 2 heterocycles.